The lowest BCUT2D eigenvalue weighted by Gasteiger charge is -2.30. The molecule has 0 spiro atoms. The summed E-state index contributed by atoms with van der Waals surface area (Å²) in [6.07, 6.45) is 4.36. The van der Waals surface area contributed by atoms with Crippen LogP contribution >= 0.6 is 0 Å². The number of aromatic nitrogens is 3. The predicted molar refractivity (Wildman–Crippen MR) is 165 cm³/mol. The number of benzene rings is 1. The highest BCUT2D eigenvalue weighted by Crippen LogP contribution is 2.20. The van der Waals surface area contributed by atoms with E-state index >= 15 is 0 Å². The van der Waals surface area contributed by atoms with Crippen LogP contribution in [0.5, 0.6) is 0 Å². The van der Waals surface area contributed by atoms with Gasteiger partial charge >= 0.3 is 5.97 Å². The van der Waals surface area contributed by atoms with Gasteiger partial charge in [-0.1, -0.05) is 35.5 Å². The van der Waals surface area contributed by atoms with Crippen LogP contribution in [0.25, 0.3) is 0 Å². The molecule has 1 aromatic carbocycles. The van der Waals surface area contributed by atoms with E-state index in [-0.39, 0.29) is 19.6 Å². The van der Waals surface area contributed by atoms with E-state index in [2.05, 4.69) is 31.6 Å². The zero-order valence-corrected chi connectivity index (χ0v) is 26.6. The van der Waals surface area contributed by atoms with Gasteiger partial charge in [0.1, 0.15) is 29.9 Å². The third-order valence-electron chi connectivity index (χ3n) is 8.25. The van der Waals surface area contributed by atoms with Gasteiger partial charge in [0.2, 0.25) is 23.6 Å². The normalized spacial score (nSPS) is 24.2. The number of methoxy groups -OCH3 is 1. The molecule has 15 heteroatoms. The van der Waals surface area contributed by atoms with E-state index in [0.29, 0.717) is 50.9 Å². The summed E-state index contributed by atoms with van der Waals surface area (Å²) < 4.78 is 12.5. The van der Waals surface area contributed by atoms with E-state index in [9.17, 15) is 24.0 Å². The van der Waals surface area contributed by atoms with Gasteiger partial charge in [0.25, 0.3) is 0 Å². The van der Waals surface area contributed by atoms with E-state index in [4.69, 9.17) is 9.47 Å². The van der Waals surface area contributed by atoms with Crippen molar-refractivity contribution in [2.75, 3.05) is 27.3 Å². The Hall–Kier alpha value is -4.37. The van der Waals surface area contributed by atoms with Gasteiger partial charge < -0.3 is 35.6 Å². The fourth-order valence-electron chi connectivity index (χ4n) is 5.51. The van der Waals surface area contributed by atoms with Crippen LogP contribution in [0.4, 0.5) is 0 Å². The van der Waals surface area contributed by atoms with Gasteiger partial charge in [-0.2, -0.15) is 0 Å². The molecule has 0 unspecified atom stereocenters. The van der Waals surface area contributed by atoms with Gasteiger partial charge in [0.05, 0.1) is 32.6 Å². The number of ether oxygens (including phenoxy) is 2. The zero-order valence-electron chi connectivity index (χ0n) is 26.6. The topological polar surface area (TPSA) is 186 Å². The summed E-state index contributed by atoms with van der Waals surface area (Å²) in [6, 6.07) is 4.73. The molecule has 15 nitrogen and oxygen atoms in total. The van der Waals surface area contributed by atoms with Gasteiger partial charge in [0, 0.05) is 19.5 Å². The molecular weight excluding hydrogens is 596 g/mol. The second kappa shape index (κ2) is 16.8. The van der Waals surface area contributed by atoms with Gasteiger partial charge in [-0.15, -0.1) is 5.10 Å². The van der Waals surface area contributed by atoms with Crippen LogP contribution in [0, 0.1) is 0 Å². The molecule has 4 N–H and O–H groups in total. The van der Waals surface area contributed by atoms with Crippen LogP contribution in [0.2, 0.25) is 0 Å². The maximum absolute atomic E-state index is 13.9. The van der Waals surface area contributed by atoms with E-state index in [1.165, 1.54) is 12.0 Å². The molecule has 2 aliphatic heterocycles. The largest absolute Gasteiger partial charge is 0.467 e. The third-order valence-corrected chi connectivity index (χ3v) is 8.25. The quantitative estimate of drug-likeness (QED) is 0.299. The number of aryl methyl sites for hydroxylation is 1. The fourth-order valence-corrected chi connectivity index (χ4v) is 5.51. The molecule has 46 heavy (non-hydrogen) atoms. The highest BCUT2D eigenvalue weighted by atomic mass is 16.5. The average Bonchev–Trinajstić information content (AvgIpc) is 3.74. The summed E-state index contributed by atoms with van der Waals surface area (Å²) in [5.74, 6) is -2.50. The summed E-state index contributed by atoms with van der Waals surface area (Å²) in [7, 11) is 2.89. The highest BCUT2D eigenvalue weighted by molar-refractivity contribution is 5.96. The van der Waals surface area contributed by atoms with Crippen molar-refractivity contribution in [1.82, 2.24) is 41.2 Å². The molecule has 3 heterocycles. The first-order valence-corrected chi connectivity index (χ1v) is 15.7. The number of esters is 1. The highest BCUT2D eigenvalue weighted by Gasteiger charge is 2.39. The Bertz CT molecular complexity index is 1350. The molecule has 0 saturated carbocycles. The lowest BCUT2D eigenvalue weighted by molar-refractivity contribution is -0.146. The second-order valence-electron chi connectivity index (χ2n) is 11.6. The molecule has 1 saturated heterocycles. The first kappa shape index (κ1) is 34.5. The molecule has 0 radical (unpaired) electrons. The molecule has 1 fully saturated rings. The molecule has 5 atom stereocenters. The van der Waals surface area contributed by atoms with E-state index < -0.39 is 59.8 Å². The third kappa shape index (κ3) is 9.33. The number of likely N-dealkylation sites (N-methyl/N-ethyl adjacent to an activating group) is 1. The number of carbonyl (C=O) groups excluding carboxylic acids is 5. The van der Waals surface area contributed by atoms with Crippen LogP contribution in [-0.4, -0.2) is 107 Å². The van der Waals surface area contributed by atoms with Crippen LogP contribution in [0.1, 0.15) is 50.3 Å². The lowest BCUT2D eigenvalue weighted by atomic mass is 10.0. The summed E-state index contributed by atoms with van der Waals surface area (Å²) in [5, 5.41) is 19.5. The van der Waals surface area contributed by atoms with Crippen molar-refractivity contribution in [2.24, 2.45) is 0 Å². The van der Waals surface area contributed by atoms with Crippen molar-refractivity contribution < 1.29 is 33.4 Å². The number of hydrogen-bond acceptors (Lipinski definition) is 10. The number of nitrogens with one attached hydrogen (secondary N) is 4. The molecule has 2 aromatic rings. The Morgan fingerprint density at radius 1 is 1.07 bits per heavy atom. The van der Waals surface area contributed by atoms with E-state index in [1.807, 2.05) is 30.3 Å². The summed E-state index contributed by atoms with van der Waals surface area (Å²) in [4.78, 5) is 68.2. The van der Waals surface area contributed by atoms with Crippen molar-refractivity contribution >= 4 is 29.6 Å². The maximum Gasteiger partial charge on any atom is 0.328 e. The van der Waals surface area contributed by atoms with Crippen molar-refractivity contribution in [3.8, 4) is 0 Å². The van der Waals surface area contributed by atoms with Crippen molar-refractivity contribution in [3.63, 3.8) is 0 Å². The van der Waals surface area contributed by atoms with Crippen molar-refractivity contribution in [3.05, 3.63) is 47.8 Å². The molecule has 2 aliphatic rings. The molecule has 0 aliphatic carbocycles. The minimum Gasteiger partial charge on any atom is -0.467 e. The number of hydrogen-bond donors (Lipinski definition) is 4. The van der Waals surface area contributed by atoms with Crippen molar-refractivity contribution in [2.45, 2.75) is 88.8 Å². The Balaban J connectivity index is 1.62. The molecule has 4 rings (SSSR count). The molecule has 2 bridgehead atoms. The zero-order chi connectivity index (χ0) is 33.1. The standard InChI is InChI=1S/C31H44N8O7/c1-20(32-2)27(40)35-25-19-46-18-22-17-38(37-36-22)14-8-7-12-23(31(44)45-3)33-28(41)24(16-21-10-5-4-6-11-21)34-29(42)26-13-9-15-39(26)30(25)43/h4-6,10-11,17,20,23-26,32H,7-9,12-16,18-19H2,1-3H3,(H,33,41)(H,34,42)(H,35,40)/t20-,23+,24+,25+,26+/m1/s1. The maximum atomic E-state index is 13.9. The molecule has 250 valence electrons. The smallest absolute Gasteiger partial charge is 0.328 e. The fraction of sp³-hybridized carbons (Fsp3) is 0.581. The Morgan fingerprint density at radius 2 is 1.85 bits per heavy atom. The number of carbonyl (C=O) groups is 5. The Kier molecular flexibility index (Phi) is 12.6. The van der Waals surface area contributed by atoms with Gasteiger partial charge in [-0.25, -0.2) is 4.79 Å². The number of nitrogens with zero attached hydrogens (tertiary/aromatic N) is 4. The predicted octanol–water partition coefficient (Wildman–Crippen LogP) is -0.552. The minimum absolute atomic E-state index is 0.0583. The summed E-state index contributed by atoms with van der Waals surface area (Å²) >= 11 is 0. The second-order valence-corrected chi connectivity index (χ2v) is 11.6. The Morgan fingerprint density at radius 3 is 2.59 bits per heavy atom. The van der Waals surface area contributed by atoms with Crippen LogP contribution in [0.3, 0.4) is 0 Å². The van der Waals surface area contributed by atoms with E-state index in [0.717, 1.165) is 5.56 Å². The SMILES string of the molecule is CN[C@H](C)C(=O)N[C@H]1COCc2cn(nn2)CCCC[C@@H](C(=O)OC)NC(=O)[C@H](Cc2ccccc2)NC(=O)[C@@H]2CCCN2C1=O. The van der Waals surface area contributed by atoms with Gasteiger partial charge in [-0.05, 0) is 51.6 Å². The number of fused-ring (bicyclic) bond motifs is 3. The number of rotatable bonds is 6. The van der Waals surface area contributed by atoms with Crippen LogP contribution in [-0.2, 0) is 53.0 Å². The van der Waals surface area contributed by atoms with Crippen molar-refractivity contribution in [1.29, 1.82) is 0 Å². The van der Waals surface area contributed by atoms with Gasteiger partial charge in [0.15, 0.2) is 0 Å². The Labute approximate surface area is 268 Å². The molecule has 1 aromatic heterocycles. The van der Waals surface area contributed by atoms with Crippen LogP contribution < -0.4 is 21.3 Å². The first-order chi connectivity index (χ1) is 22.2. The molecular formula is C31H44N8O7. The first-order valence-electron chi connectivity index (χ1n) is 15.7. The summed E-state index contributed by atoms with van der Waals surface area (Å²) in [5.41, 5.74) is 1.34. The monoisotopic (exact) mass is 640 g/mol. The van der Waals surface area contributed by atoms with E-state index in [1.54, 1.807) is 24.9 Å². The average molecular weight is 641 g/mol. The summed E-state index contributed by atoms with van der Waals surface area (Å²) in [6.45, 7) is 2.38. The lowest BCUT2D eigenvalue weighted by Crippen LogP contribution is -2.59. The van der Waals surface area contributed by atoms with Crippen LogP contribution in [0.15, 0.2) is 36.5 Å². The minimum atomic E-state index is -1.07. The number of amides is 4. The molecule has 4 amide bonds. The van der Waals surface area contributed by atoms with Gasteiger partial charge in [-0.3, -0.25) is 23.9 Å².